The standard InChI is InChI=1S/C14H13F2NO/c15-11-3-1-10(2-4-11)14(9-18)17-13-7-5-12(16)6-8-13/h1-8,14,17-18H,9H2. The van der Waals surface area contributed by atoms with Gasteiger partial charge in [0.1, 0.15) is 11.6 Å². The molecule has 2 N–H and O–H groups in total. The van der Waals surface area contributed by atoms with Crippen molar-refractivity contribution in [3.63, 3.8) is 0 Å². The fourth-order valence-electron chi connectivity index (χ4n) is 1.68. The van der Waals surface area contributed by atoms with E-state index in [1.165, 1.54) is 24.3 Å². The van der Waals surface area contributed by atoms with Crippen molar-refractivity contribution < 1.29 is 13.9 Å². The number of rotatable bonds is 4. The third-order valence-electron chi connectivity index (χ3n) is 2.64. The molecule has 94 valence electrons. The Hall–Kier alpha value is -1.94. The van der Waals surface area contributed by atoms with Crippen molar-refractivity contribution in [1.29, 1.82) is 0 Å². The highest BCUT2D eigenvalue weighted by atomic mass is 19.1. The van der Waals surface area contributed by atoms with Crippen LogP contribution in [0.5, 0.6) is 0 Å². The van der Waals surface area contributed by atoms with Crippen molar-refractivity contribution in [2.45, 2.75) is 6.04 Å². The van der Waals surface area contributed by atoms with Gasteiger partial charge in [0.05, 0.1) is 12.6 Å². The van der Waals surface area contributed by atoms with E-state index < -0.39 is 0 Å². The first-order valence-electron chi connectivity index (χ1n) is 5.57. The van der Waals surface area contributed by atoms with Gasteiger partial charge < -0.3 is 10.4 Å². The fraction of sp³-hybridized carbons (Fsp3) is 0.143. The molecule has 0 aliphatic carbocycles. The Balaban J connectivity index is 2.14. The van der Waals surface area contributed by atoms with Crippen LogP contribution in [0.4, 0.5) is 14.5 Å². The first-order chi connectivity index (χ1) is 8.69. The van der Waals surface area contributed by atoms with E-state index in [4.69, 9.17) is 0 Å². The first-order valence-corrected chi connectivity index (χ1v) is 5.57. The predicted octanol–water partition coefficient (Wildman–Crippen LogP) is 3.11. The number of benzene rings is 2. The van der Waals surface area contributed by atoms with E-state index in [0.717, 1.165) is 5.56 Å². The topological polar surface area (TPSA) is 32.3 Å². The van der Waals surface area contributed by atoms with Crippen LogP contribution in [-0.2, 0) is 0 Å². The van der Waals surface area contributed by atoms with E-state index >= 15 is 0 Å². The van der Waals surface area contributed by atoms with Crippen molar-refractivity contribution in [3.8, 4) is 0 Å². The van der Waals surface area contributed by atoms with E-state index in [-0.39, 0.29) is 24.3 Å². The van der Waals surface area contributed by atoms with Crippen LogP contribution < -0.4 is 5.32 Å². The van der Waals surface area contributed by atoms with Crippen molar-refractivity contribution in [2.75, 3.05) is 11.9 Å². The van der Waals surface area contributed by atoms with Crippen LogP contribution >= 0.6 is 0 Å². The average molecular weight is 249 g/mol. The second-order valence-corrected chi connectivity index (χ2v) is 3.94. The van der Waals surface area contributed by atoms with Crippen molar-refractivity contribution >= 4 is 5.69 Å². The molecule has 2 aromatic carbocycles. The molecule has 0 saturated carbocycles. The molecule has 1 atom stereocenters. The molecule has 0 bridgehead atoms. The lowest BCUT2D eigenvalue weighted by Gasteiger charge is -2.18. The van der Waals surface area contributed by atoms with Gasteiger partial charge in [-0.2, -0.15) is 0 Å². The summed E-state index contributed by atoms with van der Waals surface area (Å²) in [7, 11) is 0. The molecule has 0 aliphatic heterocycles. The monoisotopic (exact) mass is 249 g/mol. The Kier molecular flexibility index (Phi) is 3.89. The Morgan fingerprint density at radius 1 is 0.889 bits per heavy atom. The fourth-order valence-corrected chi connectivity index (χ4v) is 1.68. The molecule has 0 aliphatic rings. The van der Waals surface area contributed by atoms with E-state index in [0.29, 0.717) is 5.69 Å². The maximum absolute atomic E-state index is 12.8. The highest BCUT2D eigenvalue weighted by molar-refractivity contribution is 5.45. The number of aliphatic hydroxyl groups is 1. The molecule has 2 rings (SSSR count). The summed E-state index contributed by atoms with van der Waals surface area (Å²) in [6, 6.07) is 11.4. The molecular weight excluding hydrogens is 236 g/mol. The summed E-state index contributed by atoms with van der Waals surface area (Å²) >= 11 is 0. The first kappa shape index (κ1) is 12.5. The van der Waals surface area contributed by atoms with Crippen LogP contribution in [0.25, 0.3) is 0 Å². The van der Waals surface area contributed by atoms with E-state index in [9.17, 15) is 13.9 Å². The van der Waals surface area contributed by atoms with Crippen molar-refractivity contribution in [3.05, 3.63) is 65.7 Å². The maximum atomic E-state index is 12.8. The van der Waals surface area contributed by atoms with Crippen LogP contribution in [0.15, 0.2) is 48.5 Å². The van der Waals surface area contributed by atoms with Crippen molar-refractivity contribution in [2.24, 2.45) is 0 Å². The maximum Gasteiger partial charge on any atom is 0.123 e. The zero-order valence-corrected chi connectivity index (χ0v) is 9.61. The Morgan fingerprint density at radius 3 is 1.89 bits per heavy atom. The lowest BCUT2D eigenvalue weighted by molar-refractivity contribution is 0.276. The van der Waals surface area contributed by atoms with Gasteiger partial charge in [-0.25, -0.2) is 8.78 Å². The van der Waals surface area contributed by atoms with Gasteiger partial charge in [0.25, 0.3) is 0 Å². The number of anilines is 1. The second kappa shape index (κ2) is 5.60. The van der Waals surface area contributed by atoms with Gasteiger partial charge in [0.15, 0.2) is 0 Å². The number of nitrogens with one attached hydrogen (secondary N) is 1. The van der Waals surface area contributed by atoms with Crippen molar-refractivity contribution in [1.82, 2.24) is 0 Å². The zero-order valence-electron chi connectivity index (χ0n) is 9.61. The molecule has 1 unspecified atom stereocenters. The van der Waals surface area contributed by atoms with E-state index in [2.05, 4.69) is 5.32 Å². The summed E-state index contributed by atoms with van der Waals surface area (Å²) < 4.78 is 25.6. The second-order valence-electron chi connectivity index (χ2n) is 3.94. The molecule has 0 saturated heterocycles. The minimum absolute atomic E-state index is 0.136. The van der Waals surface area contributed by atoms with Gasteiger partial charge in [-0.3, -0.25) is 0 Å². The summed E-state index contributed by atoms with van der Waals surface area (Å²) in [5, 5.41) is 12.4. The molecular formula is C14H13F2NO. The molecule has 18 heavy (non-hydrogen) atoms. The minimum Gasteiger partial charge on any atom is -0.394 e. The van der Waals surface area contributed by atoms with Gasteiger partial charge >= 0.3 is 0 Å². The summed E-state index contributed by atoms with van der Waals surface area (Å²) in [6.07, 6.45) is 0. The quantitative estimate of drug-likeness (QED) is 0.872. The van der Waals surface area contributed by atoms with E-state index in [1.54, 1.807) is 24.3 Å². The van der Waals surface area contributed by atoms with Crippen LogP contribution in [0, 0.1) is 11.6 Å². The molecule has 4 heteroatoms. The van der Waals surface area contributed by atoms with Crippen LogP contribution in [0.3, 0.4) is 0 Å². The molecule has 0 heterocycles. The summed E-state index contributed by atoms with van der Waals surface area (Å²) in [5.74, 6) is -0.639. The highest BCUT2D eigenvalue weighted by Gasteiger charge is 2.10. The van der Waals surface area contributed by atoms with Crippen LogP contribution in [0.2, 0.25) is 0 Å². The molecule has 0 aromatic heterocycles. The normalized spacial score (nSPS) is 12.2. The van der Waals surface area contributed by atoms with Gasteiger partial charge in [-0.1, -0.05) is 12.1 Å². The minimum atomic E-state index is -0.351. The van der Waals surface area contributed by atoms with Gasteiger partial charge in [0.2, 0.25) is 0 Å². The largest absolute Gasteiger partial charge is 0.394 e. The summed E-state index contributed by atoms with van der Waals surface area (Å²) in [4.78, 5) is 0. The highest BCUT2D eigenvalue weighted by Crippen LogP contribution is 2.19. The van der Waals surface area contributed by atoms with Gasteiger partial charge in [0, 0.05) is 5.69 Å². The average Bonchev–Trinajstić information content (AvgIpc) is 2.39. The Morgan fingerprint density at radius 2 is 1.39 bits per heavy atom. The predicted molar refractivity (Wildman–Crippen MR) is 66.2 cm³/mol. The molecule has 0 radical (unpaired) electrons. The zero-order chi connectivity index (χ0) is 13.0. The number of hydrogen-bond donors (Lipinski definition) is 2. The van der Waals surface area contributed by atoms with Crippen LogP contribution in [-0.4, -0.2) is 11.7 Å². The summed E-state index contributed by atoms with van der Waals surface area (Å²) in [6.45, 7) is -0.136. The van der Waals surface area contributed by atoms with Gasteiger partial charge in [-0.05, 0) is 42.0 Å². The summed E-state index contributed by atoms with van der Waals surface area (Å²) in [5.41, 5.74) is 1.46. The molecule has 0 amide bonds. The number of aliphatic hydroxyl groups excluding tert-OH is 1. The smallest absolute Gasteiger partial charge is 0.123 e. The molecule has 0 spiro atoms. The Labute approximate surface area is 104 Å². The molecule has 2 aromatic rings. The van der Waals surface area contributed by atoms with Crippen LogP contribution in [0.1, 0.15) is 11.6 Å². The third-order valence-corrected chi connectivity index (χ3v) is 2.64. The van der Waals surface area contributed by atoms with Gasteiger partial charge in [-0.15, -0.1) is 0 Å². The number of hydrogen-bond acceptors (Lipinski definition) is 2. The number of halogens is 2. The molecule has 0 fully saturated rings. The SMILES string of the molecule is OCC(Nc1ccc(F)cc1)c1ccc(F)cc1. The Bertz CT molecular complexity index is 496. The van der Waals surface area contributed by atoms with E-state index in [1.807, 2.05) is 0 Å². The lowest BCUT2D eigenvalue weighted by atomic mass is 10.1. The lowest BCUT2D eigenvalue weighted by Crippen LogP contribution is -2.14. The third kappa shape index (κ3) is 3.05. The molecule has 2 nitrogen and oxygen atoms in total.